The third-order valence-corrected chi connectivity index (χ3v) is 3.28. The van der Waals surface area contributed by atoms with Crippen molar-refractivity contribution in [3.05, 3.63) is 52.0 Å². The number of hydrogen-bond acceptors (Lipinski definition) is 4. The number of carbonyl (C=O) groups is 1. The van der Waals surface area contributed by atoms with E-state index < -0.39 is 0 Å². The van der Waals surface area contributed by atoms with Gasteiger partial charge in [-0.3, -0.25) is 4.79 Å². The lowest BCUT2D eigenvalue weighted by molar-refractivity contribution is 0.0954. The molecule has 0 aliphatic carbocycles. The highest BCUT2D eigenvalue weighted by molar-refractivity contribution is 7.07. The number of carbonyl (C=O) groups excluding carboxylic acids is 1. The van der Waals surface area contributed by atoms with E-state index in [0.29, 0.717) is 17.7 Å². The maximum absolute atomic E-state index is 12.1. The van der Waals surface area contributed by atoms with E-state index in [2.05, 4.69) is 22.1 Å². The minimum absolute atomic E-state index is 0.123. The van der Waals surface area contributed by atoms with Gasteiger partial charge in [-0.25, -0.2) is 4.98 Å². The van der Waals surface area contributed by atoms with Crippen LogP contribution in [0.15, 0.2) is 35.2 Å². The molecule has 0 radical (unpaired) electrons. The Labute approximate surface area is 122 Å². The number of nitrogens with one attached hydrogen (secondary N) is 1. The summed E-state index contributed by atoms with van der Waals surface area (Å²) in [5.41, 5.74) is 9.41. The van der Waals surface area contributed by atoms with Crippen LogP contribution < -0.4 is 11.1 Å². The molecule has 20 heavy (non-hydrogen) atoms. The highest BCUT2D eigenvalue weighted by Crippen LogP contribution is 2.07. The van der Waals surface area contributed by atoms with Crippen LogP contribution in [0.3, 0.4) is 0 Å². The molecule has 5 heteroatoms. The molecule has 0 unspecified atom stereocenters. The first-order valence-corrected chi connectivity index (χ1v) is 7.19. The number of nitrogens with zero attached hydrogens (tertiary/aromatic N) is 1. The predicted octanol–water partition coefficient (Wildman–Crippen LogP) is 1.43. The predicted molar refractivity (Wildman–Crippen MR) is 80.5 cm³/mol. The van der Waals surface area contributed by atoms with Gasteiger partial charge in [0.1, 0.15) is 0 Å². The summed E-state index contributed by atoms with van der Waals surface area (Å²) in [6, 6.07) is 7.26. The molecule has 1 aromatic carbocycles. The molecule has 0 aliphatic rings. The zero-order chi connectivity index (χ0) is 14.2. The van der Waals surface area contributed by atoms with Gasteiger partial charge in [-0.2, -0.15) is 0 Å². The number of aromatic nitrogens is 1. The number of amides is 1. The highest BCUT2D eigenvalue weighted by atomic mass is 32.1. The van der Waals surface area contributed by atoms with Gasteiger partial charge < -0.3 is 11.1 Å². The van der Waals surface area contributed by atoms with Gasteiger partial charge in [-0.05, 0) is 12.1 Å². The van der Waals surface area contributed by atoms with E-state index in [1.54, 1.807) is 22.9 Å². The Morgan fingerprint density at radius 1 is 1.40 bits per heavy atom. The Bertz CT molecular complexity index is 626. The van der Waals surface area contributed by atoms with Crippen LogP contribution in [0.2, 0.25) is 0 Å². The molecule has 0 saturated carbocycles. The largest absolute Gasteiger partial charge is 0.352 e. The lowest BCUT2D eigenvalue weighted by Crippen LogP contribution is -2.26. The van der Waals surface area contributed by atoms with Crippen molar-refractivity contribution in [3.8, 4) is 11.8 Å². The molecule has 1 heterocycles. The second-order valence-corrected chi connectivity index (χ2v) is 4.76. The topological polar surface area (TPSA) is 68.0 Å². The Kier molecular flexibility index (Phi) is 5.30. The van der Waals surface area contributed by atoms with Crippen LogP contribution >= 0.6 is 11.3 Å². The van der Waals surface area contributed by atoms with E-state index in [0.717, 1.165) is 12.1 Å². The quantitative estimate of drug-likeness (QED) is 0.835. The third kappa shape index (κ3) is 3.92. The van der Waals surface area contributed by atoms with Crippen molar-refractivity contribution in [3.63, 3.8) is 0 Å². The first kappa shape index (κ1) is 14.3. The second-order valence-electron chi connectivity index (χ2n) is 4.04. The maximum atomic E-state index is 12.1. The Morgan fingerprint density at radius 3 is 3.00 bits per heavy atom. The van der Waals surface area contributed by atoms with E-state index in [1.807, 2.05) is 23.6 Å². The number of benzene rings is 1. The summed E-state index contributed by atoms with van der Waals surface area (Å²) in [4.78, 5) is 16.3. The van der Waals surface area contributed by atoms with E-state index >= 15 is 0 Å². The van der Waals surface area contributed by atoms with E-state index in [-0.39, 0.29) is 12.5 Å². The minimum atomic E-state index is -0.123. The highest BCUT2D eigenvalue weighted by Gasteiger charge is 2.08. The summed E-state index contributed by atoms with van der Waals surface area (Å²) in [5.74, 6) is 5.56. The number of hydrogen-bond donors (Lipinski definition) is 2. The van der Waals surface area contributed by atoms with Crippen molar-refractivity contribution in [2.75, 3.05) is 13.1 Å². The van der Waals surface area contributed by atoms with Gasteiger partial charge >= 0.3 is 0 Å². The number of nitrogens with two attached hydrogens (primary N) is 1. The molecule has 1 amide bonds. The van der Waals surface area contributed by atoms with Crippen molar-refractivity contribution >= 4 is 17.2 Å². The van der Waals surface area contributed by atoms with Crippen molar-refractivity contribution < 1.29 is 4.79 Å². The number of rotatable bonds is 4. The molecular formula is C15H15N3OS. The monoisotopic (exact) mass is 285 g/mol. The minimum Gasteiger partial charge on any atom is -0.352 e. The third-order valence-electron chi connectivity index (χ3n) is 2.65. The van der Waals surface area contributed by atoms with E-state index in [1.165, 1.54) is 0 Å². The smallest absolute Gasteiger partial charge is 0.252 e. The van der Waals surface area contributed by atoms with Gasteiger partial charge in [-0.1, -0.05) is 24.0 Å². The Balaban J connectivity index is 1.98. The fraction of sp³-hybridized carbons (Fsp3) is 0.200. The lowest BCUT2D eigenvalue weighted by Gasteiger charge is -2.06. The SMILES string of the molecule is NCC#Cc1ccccc1C(=O)NCCc1cscn1. The summed E-state index contributed by atoms with van der Waals surface area (Å²) < 4.78 is 0. The van der Waals surface area contributed by atoms with Crippen LogP contribution in [0.4, 0.5) is 0 Å². The van der Waals surface area contributed by atoms with Crippen LogP contribution in [0.1, 0.15) is 21.6 Å². The van der Waals surface area contributed by atoms with Crippen molar-refractivity contribution in [2.45, 2.75) is 6.42 Å². The van der Waals surface area contributed by atoms with Gasteiger partial charge in [0.25, 0.3) is 5.91 Å². The van der Waals surface area contributed by atoms with Crippen molar-refractivity contribution in [1.29, 1.82) is 0 Å². The summed E-state index contributed by atoms with van der Waals surface area (Å²) in [5, 5.41) is 4.86. The standard InChI is InChI=1S/C15H15N3OS/c16-8-3-5-12-4-1-2-6-14(12)15(19)17-9-7-13-10-20-11-18-13/h1-2,4,6,10-11H,7-9,16H2,(H,17,19). The second kappa shape index (κ2) is 7.43. The molecule has 4 nitrogen and oxygen atoms in total. The zero-order valence-electron chi connectivity index (χ0n) is 10.9. The molecule has 0 bridgehead atoms. The summed E-state index contributed by atoms with van der Waals surface area (Å²) in [6.07, 6.45) is 0.728. The van der Waals surface area contributed by atoms with Gasteiger partial charge in [0.2, 0.25) is 0 Å². The molecule has 3 N–H and O–H groups in total. The van der Waals surface area contributed by atoms with Gasteiger partial charge in [0.05, 0.1) is 23.3 Å². The van der Waals surface area contributed by atoms with Gasteiger partial charge in [-0.15, -0.1) is 11.3 Å². The maximum Gasteiger partial charge on any atom is 0.252 e. The molecule has 2 aromatic rings. The van der Waals surface area contributed by atoms with Crippen LogP contribution in [0.5, 0.6) is 0 Å². The molecule has 0 atom stereocenters. The van der Waals surface area contributed by atoms with Crippen LogP contribution in [-0.4, -0.2) is 24.0 Å². The number of thiazole rings is 1. The first-order valence-electron chi connectivity index (χ1n) is 6.24. The molecule has 0 fully saturated rings. The van der Waals surface area contributed by atoms with Crippen molar-refractivity contribution in [1.82, 2.24) is 10.3 Å². The van der Waals surface area contributed by atoms with Crippen LogP contribution in [-0.2, 0) is 6.42 Å². The first-order chi connectivity index (χ1) is 9.81. The van der Waals surface area contributed by atoms with Crippen LogP contribution in [0, 0.1) is 11.8 Å². The van der Waals surface area contributed by atoms with E-state index in [9.17, 15) is 4.79 Å². The summed E-state index contributed by atoms with van der Waals surface area (Å²) >= 11 is 1.55. The average Bonchev–Trinajstić information content (AvgIpc) is 2.98. The lowest BCUT2D eigenvalue weighted by atomic mass is 10.1. The van der Waals surface area contributed by atoms with E-state index in [4.69, 9.17) is 5.73 Å². The van der Waals surface area contributed by atoms with Crippen LogP contribution in [0.25, 0.3) is 0 Å². The molecule has 1 aromatic heterocycles. The fourth-order valence-corrected chi connectivity index (χ4v) is 2.29. The Morgan fingerprint density at radius 2 is 2.25 bits per heavy atom. The van der Waals surface area contributed by atoms with Crippen molar-refractivity contribution in [2.24, 2.45) is 5.73 Å². The van der Waals surface area contributed by atoms with Gasteiger partial charge in [0.15, 0.2) is 0 Å². The molecule has 102 valence electrons. The fourth-order valence-electron chi connectivity index (χ4n) is 1.70. The molecule has 2 rings (SSSR count). The average molecular weight is 285 g/mol. The van der Waals surface area contributed by atoms with Gasteiger partial charge in [0, 0.05) is 23.9 Å². The molecular weight excluding hydrogens is 270 g/mol. The normalized spacial score (nSPS) is 9.65. The zero-order valence-corrected chi connectivity index (χ0v) is 11.7. The summed E-state index contributed by atoms with van der Waals surface area (Å²) in [6.45, 7) is 0.834. The molecule has 0 spiro atoms. The molecule has 0 saturated heterocycles. The summed E-state index contributed by atoms with van der Waals surface area (Å²) in [7, 11) is 0. The Hall–Kier alpha value is -2.16. The molecule has 0 aliphatic heterocycles.